The number of benzene rings is 1. The van der Waals surface area contributed by atoms with Crippen molar-refractivity contribution in [3.8, 4) is 0 Å². The van der Waals surface area contributed by atoms with Gasteiger partial charge in [-0.25, -0.2) is 0 Å². The minimum atomic E-state index is -3.76. The molecule has 0 amide bonds. The molecule has 1 unspecified atom stereocenters. The van der Waals surface area contributed by atoms with Crippen LogP contribution in [0, 0.1) is 0 Å². The maximum absolute atomic E-state index is 12.9. The number of hydrogen-bond donors (Lipinski definition) is 2. The van der Waals surface area contributed by atoms with E-state index in [2.05, 4.69) is 0 Å². The molecule has 1 aromatic carbocycles. The van der Waals surface area contributed by atoms with Crippen molar-refractivity contribution in [3.63, 3.8) is 0 Å². The van der Waals surface area contributed by atoms with E-state index in [1.54, 1.807) is 24.3 Å². The fourth-order valence-electron chi connectivity index (χ4n) is 3.00. The standard InChI is InChI=1S/C16H25O3P/c17-16(13-9-4-2-1-3-5-10-14-16)20(18,19)15-11-7-6-8-12-15/h6-8,11-12,17H,1-5,9-10,13-14H2,(H,18,19). The van der Waals surface area contributed by atoms with E-state index in [1.807, 2.05) is 6.07 Å². The fraction of sp³-hybridized carbons (Fsp3) is 0.625. The van der Waals surface area contributed by atoms with Gasteiger partial charge in [-0.1, -0.05) is 50.3 Å². The van der Waals surface area contributed by atoms with Crippen molar-refractivity contribution >= 4 is 12.7 Å². The Balaban J connectivity index is 2.22. The highest BCUT2D eigenvalue weighted by Gasteiger charge is 2.45. The molecule has 0 spiro atoms. The average Bonchev–Trinajstić information content (AvgIpc) is 2.47. The van der Waals surface area contributed by atoms with Gasteiger partial charge in [0.25, 0.3) is 7.37 Å². The zero-order valence-corrected chi connectivity index (χ0v) is 12.9. The molecule has 2 rings (SSSR count). The van der Waals surface area contributed by atoms with Crippen molar-refractivity contribution in [2.45, 2.75) is 63.1 Å². The highest BCUT2D eigenvalue weighted by Crippen LogP contribution is 2.56. The van der Waals surface area contributed by atoms with Gasteiger partial charge >= 0.3 is 0 Å². The molecule has 2 N–H and O–H groups in total. The van der Waals surface area contributed by atoms with Crippen molar-refractivity contribution < 1.29 is 14.6 Å². The lowest BCUT2D eigenvalue weighted by Crippen LogP contribution is -2.33. The van der Waals surface area contributed by atoms with Crippen molar-refractivity contribution in [1.29, 1.82) is 0 Å². The molecule has 0 saturated heterocycles. The van der Waals surface area contributed by atoms with Crippen LogP contribution in [0.15, 0.2) is 30.3 Å². The van der Waals surface area contributed by atoms with Gasteiger partial charge in [-0.2, -0.15) is 0 Å². The summed E-state index contributed by atoms with van der Waals surface area (Å²) in [6.45, 7) is 0. The molecule has 1 aliphatic rings. The molecule has 0 radical (unpaired) electrons. The minimum Gasteiger partial charge on any atom is -0.379 e. The van der Waals surface area contributed by atoms with Crippen LogP contribution in [0.25, 0.3) is 0 Å². The van der Waals surface area contributed by atoms with Crippen LogP contribution in [0.4, 0.5) is 0 Å². The Labute approximate surface area is 121 Å². The lowest BCUT2D eigenvalue weighted by atomic mass is 9.99. The Hall–Kier alpha value is -0.630. The van der Waals surface area contributed by atoms with Crippen LogP contribution in [0.5, 0.6) is 0 Å². The van der Waals surface area contributed by atoms with Crippen LogP contribution in [-0.2, 0) is 4.57 Å². The van der Waals surface area contributed by atoms with E-state index in [-0.39, 0.29) is 0 Å². The first-order valence-corrected chi connectivity index (χ1v) is 9.33. The molecule has 4 heteroatoms. The molecule has 0 aromatic heterocycles. The summed E-state index contributed by atoms with van der Waals surface area (Å²) >= 11 is 0. The summed E-state index contributed by atoms with van der Waals surface area (Å²) in [5, 5.41) is 9.78. The van der Waals surface area contributed by atoms with E-state index >= 15 is 0 Å². The Bertz CT molecular complexity index is 448. The van der Waals surface area contributed by atoms with Gasteiger partial charge in [-0.05, 0) is 37.8 Å². The molecular formula is C16H25O3P. The highest BCUT2D eigenvalue weighted by atomic mass is 31.2. The van der Waals surface area contributed by atoms with Gasteiger partial charge in [0.05, 0.1) is 0 Å². The normalized spacial score (nSPS) is 23.7. The van der Waals surface area contributed by atoms with Gasteiger partial charge in [0.2, 0.25) is 0 Å². The maximum atomic E-state index is 12.9. The largest absolute Gasteiger partial charge is 0.379 e. The molecule has 0 bridgehead atoms. The third-order valence-corrected chi connectivity index (χ3v) is 6.90. The smallest absolute Gasteiger partial charge is 0.260 e. The summed E-state index contributed by atoms with van der Waals surface area (Å²) in [6, 6.07) is 8.62. The number of hydrogen-bond acceptors (Lipinski definition) is 2. The summed E-state index contributed by atoms with van der Waals surface area (Å²) in [5.41, 5.74) is 0. The Morgan fingerprint density at radius 2 is 1.30 bits per heavy atom. The van der Waals surface area contributed by atoms with E-state index in [1.165, 1.54) is 6.42 Å². The first kappa shape index (κ1) is 15.8. The molecule has 3 nitrogen and oxygen atoms in total. The van der Waals surface area contributed by atoms with Gasteiger partial charge in [-0.3, -0.25) is 4.57 Å². The Morgan fingerprint density at radius 3 is 1.80 bits per heavy atom. The second-order valence-corrected chi connectivity index (χ2v) is 8.37. The monoisotopic (exact) mass is 296 g/mol. The molecule has 0 aliphatic heterocycles. The Morgan fingerprint density at radius 1 is 0.850 bits per heavy atom. The van der Waals surface area contributed by atoms with E-state index in [0.29, 0.717) is 18.1 Å². The van der Waals surface area contributed by atoms with Crippen LogP contribution in [0.3, 0.4) is 0 Å². The zero-order valence-electron chi connectivity index (χ0n) is 12.0. The molecular weight excluding hydrogens is 271 g/mol. The predicted octanol–water partition coefficient (Wildman–Crippen LogP) is 3.80. The summed E-state index contributed by atoms with van der Waals surface area (Å²) in [4.78, 5) is 10.6. The third kappa shape index (κ3) is 3.52. The number of aliphatic hydroxyl groups is 1. The molecule has 1 fully saturated rings. The zero-order chi connectivity index (χ0) is 14.5. The Kier molecular flexibility index (Phi) is 5.42. The first-order valence-electron chi connectivity index (χ1n) is 7.67. The minimum absolute atomic E-state index is 0.375. The van der Waals surface area contributed by atoms with E-state index < -0.39 is 12.7 Å². The van der Waals surface area contributed by atoms with Crippen molar-refractivity contribution in [3.05, 3.63) is 30.3 Å². The molecule has 1 aliphatic carbocycles. The van der Waals surface area contributed by atoms with Crippen molar-refractivity contribution in [2.24, 2.45) is 0 Å². The van der Waals surface area contributed by atoms with Crippen molar-refractivity contribution in [2.75, 3.05) is 0 Å². The SMILES string of the molecule is O=P(O)(c1ccccc1)C1(O)CCCCCCCCC1. The van der Waals surface area contributed by atoms with Gasteiger partial charge in [0.1, 0.15) is 5.34 Å². The van der Waals surface area contributed by atoms with Crippen LogP contribution < -0.4 is 5.30 Å². The lowest BCUT2D eigenvalue weighted by Gasteiger charge is -2.33. The average molecular weight is 296 g/mol. The molecule has 1 atom stereocenters. The summed E-state index contributed by atoms with van der Waals surface area (Å²) in [7, 11) is -3.76. The predicted molar refractivity (Wildman–Crippen MR) is 82.4 cm³/mol. The van der Waals surface area contributed by atoms with Gasteiger partial charge < -0.3 is 10.00 Å². The first-order chi connectivity index (χ1) is 9.56. The molecule has 0 heterocycles. The maximum Gasteiger partial charge on any atom is 0.260 e. The second-order valence-electron chi connectivity index (χ2n) is 5.87. The van der Waals surface area contributed by atoms with E-state index in [9.17, 15) is 14.6 Å². The quantitative estimate of drug-likeness (QED) is 0.816. The molecule has 112 valence electrons. The van der Waals surface area contributed by atoms with Crippen molar-refractivity contribution in [1.82, 2.24) is 0 Å². The van der Waals surface area contributed by atoms with Gasteiger partial charge in [0, 0.05) is 5.30 Å². The van der Waals surface area contributed by atoms with Gasteiger partial charge in [0.15, 0.2) is 0 Å². The third-order valence-electron chi connectivity index (χ3n) is 4.32. The van der Waals surface area contributed by atoms with Crippen LogP contribution in [-0.4, -0.2) is 15.3 Å². The van der Waals surface area contributed by atoms with Crippen LogP contribution >= 0.6 is 7.37 Å². The van der Waals surface area contributed by atoms with Crippen LogP contribution in [0.2, 0.25) is 0 Å². The number of rotatable bonds is 2. The second kappa shape index (κ2) is 6.89. The van der Waals surface area contributed by atoms with E-state index in [0.717, 1.165) is 38.5 Å². The topological polar surface area (TPSA) is 57.5 Å². The van der Waals surface area contributed by atoms with Gasteiger partial charge in [-0.15, -0.1) is 0 Å². The highest BCUT2D eigenvalue weighted by molar-refractivity contribution is 7.67. The molecule has 20 heavy (non-hydrogen) atoms. The van der Waals surface area contributed by atoms with Crippen LogP contribution in [0.1, 0.15) is 57.8 Å². The fourth-order valence-corrected chi connectivity index (χ4v) is 4.98. The molecule has 1 saturated carbocycles. The lowest BCUT2D eigenvalue weighted by molar-refractivity contribution is 0.0857. The summed E-state index contributed by atoms with van der Waals surface area (Å²) < 4.78 is 12.9. The summed E-state index contributed by atoms with van der Waals surface area (Å²) in [6.07, 6.45) is 8.16. The van der Waals surface area contributed by atoms with E-state index in [4.69, 9.17) is 0 Å². The molecule has 1 aromatic rings. The summed E-state index contributed by atoms with van der Waals surface area (Å²) in [5.74, 6) is 0.